The molecule has 2 aromatic rings. The molecule has 2 aromatic carbocycles. The van der Waals surface area contributed by atoms with Crippen LogP contribution in [0.2, 0.25) is 0 Å². The maximum absolute atomic E-state index is 12.5. The Balaban J connectivity index is 2.11. The molecule has 0 spiro atoms. The van der Waals surface area contributed by atoms with E-state index in [1.54, 1.807) is 24.3 Å². The second kappa shape index (κ2) is 8.33. The van der Waals surface area contributed by atoms with Gasteiger partial charge < -0.3 is 14.8 Å². The standard InChI is InChI=1S/C20H23NO4/c1-5-17(25-18-10-9-13(2)11-14(18)3)19(22)21-16-8-6-7-15(12-16)20(23)24-4/h6-12,17H,5H2,1-4H3,(H,21,22)/t17-/m1/s1. The lowest BCUT2D eigenvalue weighted by Crippen LogP contribution is -2.32. The van der Waals surface area contributed by atoms with Gasteiger partial charge in [-0.05, 0) is 50.1 Å². The second-order valence-corrected chi connectivity index (χ2v) is 5.85. The first kappa shape index (κ1) is 18.5. The SMILES string of the molecule is CC[C@@H](Oc1ccc(C)cc1C)C(=O)Nc1cccc(C(=O)OC)c1. The number of hydrogen-bond donors (Lipinski definition) is 1. The van der Waals surface area contributed by atoms with Gasteiger partial charge in [-0.25, -0.2) is 4.79 Å². The average molecular weight is 341 g/mol. The van der Waals surface area contributed by atoms with Crippen LogP contribution in [0.25, 0.3) is 0 Å². The van der Waals surface area contributed by atoms with Crippen molar-refractivity contribution in [1.82, 2.24) is 0 Å². The van der Waals surface area contributed by atoms with E-state index in [1.807, 2.05) is 39.0 Å². The van der Waals surface area contributed by atoms with E-state index in [1.165, 1.54) is 7.11 Å². The maximum atomic E-state index is 12.5. The summed E-state index contributed by atoms with van der Waals surface area (Å²) in [6, 6.07) is 12.4. The van der Waals surface area contributed by atoms with Gasteiger partial charge >= 0.3 is 5.97 Å². The molecule has 0 aliphatic carbocycles. The lowest BCUT2D eigenvalue weighted by atomic mass is 10.1. The molecule has 0 unspecified atom stereocenters. The van der Waals surface area contributed by atoms with Crippen LogP contribution in [-0.2, 0) is 9.53 Å². The summed E-state index contributed by atoms with van der Waals surface area (Å²) < 4.78 is 10.6. The zero-order valence-corrected chi connectivity index (χ0v) is 15.0. The van der Waals surface area contributed by atoms with E-state index < -0.39 is 12.1 Å². The Morgan fingerprint density at radius 2 is 1.88 bits per heavy atom. The fourth-order valence-electron chi connectivity index (χ4n) is 2.47. The third-order valence-electron chi connectivity index (χ3n) is 3.81. The van der Waals surface area contributed by atoms with Crippen molar-refractivity contribution in [1.29, 1.82) is 0 Å². The van der Waals surface area contributed by atoms with Crippen LogP contribution in [0.15, 0.2) is 42.5 Å². The zero-order valence-electron chi connectivity index (χ0n) is 15.0. The Morgan fingerprint density at radius 1 is 1.12 bits per heavy atom. The Kier molecular flexibility index (Phi) is 6.17. The number of hydrogen-bond acceptors (Lipinski definition) is 4. The highest BCUT2D eigenvalue weighted by molar-refractivity contribution is 5.96. The summed E-state index contributed by atoms with van der Waals surface area (Å²) in [6.07, 6.45) is -0.0984. The van der Waals surface area contributed by atoms with Crippen LogP contribution in [-0.4, -0.2) is 25.1 Å². The molecule has 0 heterocycles. The minimum atomic E-state index is -0.622. The lowest BCUT2D eigenvalue weighted by Gasteiger charge is -2.19. The first-order chi connectivity index (χ1) is 11.9. The zero-order chi connectivity index (χ0) is 18.4. The summed E-state index contributed by atoms with van der Waals surface area (Å²) >= 11 is 0. The molecule has 0 bridgehead atoms. The van der Waals surface area contributed by atoms with E-state index >= 15 is 0 Å². The largest absolute Gasteiger partial charge is 0.480 e. The normalized spacial score (nSPS) is 11.5. The van der Waals surface area contributed by atoms with Crippen molar-refractivity contribution in [3.05, 3.63) is 59.2 Å². The van der Waals surface area contributed by atoms with Crippen molar-refractivity contribution in [3.63, 3.8) is 0 Å². The highest BCUT2D eigenvalue weighted by atomic mass is 16.5. The van der Waals surface area contributed by atoms with Crippen LogP contribution in [0, 0.1) is 13.8 Å². The predicted octanol–water partition coefficient (Wildman–Crippen LogP) is 3.89. The van der Waals surface area contributed by atoms with Crippen LogP contribution < -0.4 is 10.1 Å². The van der Waals surface area contributed by atoms with Crippen LogP contribution in [0.4, 0.5) is 5.69 Å². The molecule has 1 atom stereocenters. The van der Waals surface area contributed by atoms with Gasteiger partial charge in [-0.3, -0.25) is 4.79 Å². The van der Waals surface area contributed by atoms with Gasteiger partial charge in [0.15, 0.2) is 6.10 Å². The van der Waals surface area contributed by atoms with Crippen molar-refractivity contribution in [3.8, 4) is 5.75 Å². The molecule has 0 aliphatic heterocycles. The fourth-order valence-corrected chi connectivity index (χ4v) is 2.47. The Morgan fingerprint density at radius 3 is 2.52 bits per heavy atom. The highest BCUT2D eigenvalue weighted by Crippen LogP contribution is 2.21. The number of amides is 1. The number of rotatable bonds is 6. The van der Waals surface area contributed by atoms with Crippen LogP contribution in [0.1, 0.15) is 34.8 Å². The molecular weight excluding hydrogens is 318 g/mol. The van der Waals surface area contributed by atoms with E-state index in [2.05, 4.69) is 5.32 Å². The molecule has 0 aliphatic rings. The van der Waals surface area contributed by atoms with Crippen molar-refractivity contribution in [2.24, 2.45) is 0 Å². The van der Waals surface area contributed by atoms with Gasteiger partial charge in [0.2, 0.25) is 0 Å². The lowest BCUT2D eigenvalue weighted by molar-refractivity contribution is -0.122. The number of carbonyl (C=O) groups is 2. The number of anilines is 1. The Hall–Kier alpha value is -2.82. The monoisotopic (exact) mass is 341 g/mol. The predicted molar refractivity (Wildman–Crippen MR) is 97.0 cm³/mol. The summed E-state index contributed by atoms with van der Waals surface area (Å²) in [5.74, 6) is -0.0185. The molecule has 0 fully saturated rings. The number of esters is 1. The molecule has 5 heteroatoms. The van der Waals surface area contributed by atoms with E-state index in [0.717, 1.165) is 11.1 Å². The molecule has 0 aromatic heterocycles. The molecule has 1 amide bonds. The molecule has 5 nitrogen and oxygen atoms in total. The van der Waals surface area contributed by atoms with E-state index in [4.69, 9.17) is 9.47 Å². The Bertz CT molecular complexity index is 770. The van der Waals surface area contributed by atoms with Crippen LogP contribution in [0.3, 0.4) is 0 Å². The molecule has 25 heavy (non-hydrogen) atoms. The third-order valence-corrected chi connectivity index (χ3v) is 3.81. The number of methoxy groups -OCH3 is 1. The molecule has 0 radical (unpaired) electrons. The van der Waals surface area contributed by atoms with Crippen molar-refractivity contribution in [2.75, 3.05) is 12.4 Å². The highest BCUT2D eigenvalue weighted by Gasteiger charge is 2.20. The smallest absolute Gasteiger partial charge is 0.337 e. The summed E-state index contributed by atoms with van der Waals surface area (Å²) in [6.45, 7) is 5.85. The molecular formula is C20H23NO4. The first-order valence-electron chi connectivity index (χ1n) is 8.17. The van der Waals surface area contributed by atoms with Gasteiger partial charge in [0.1, 0.15) is 5.75 Å². The number of aryl methyl sites for hydroxylation is 2. The number of ether oxygens (including phenoxy) is 2. The summed E-state index contributed by atoms with van der Waals surface area (Å²) in [7, 11) is 1.32. The van der Waals surface area contributed by atoms with Gasteiger partial charge in [0.05, 0.1) is 12.7 Å². The first-order valence-corrected chi connectivity index (χ1v) is 8.17. The van der Waals surface area contributed by atoms with Gasteiger partial charge in [0.25, 0.3) is 5.91 Å². The van der Waals surface area contributed by atoms with Crippen molar-refractivity contribution < 1.29 is 19.1 Å². The molecule has 0 saturated heterocycles. The van der Waals surface area contributed by atoms with E-state index in [9.17, 15) is 9.59 Å². The second-order valence-electron chi connectivity index (χ2n) is 5.85. The Labute approximate surface area is 148 Å². The van der Waals surface area contributed by atoms with Crippen molar-refractivity contribution in [2.45, 2.75) is 33.3 Å². The number of carbonyl (C=O) groups excluding carboxylic acids is 2. The van der Waals surface area contributed by atoms with Gasteiger partial charge in [-0.1, -0.05) is 30.7 Å². The van der Waals surface area contributed by atoms with Gasteiger partial charge in [0, 0.05) is 5.69 Å². The number of nitrogens with one attached hydrogen (secondary N) is 1. The minimum absolute atomic E-state index is 0.260. The molecule has 2 rings (SSSR count). The molecule has 1 N–H and O–H groups in total. The summed E-state index contributed by atoms with van der Waals surface area (Å²) in [4.78, 5) is 24.1. The van der Waals surface area contributed by atoms with E-state index in [-0.39, 0.29) is 5.91 Å². The third kappa shape index (κ3) is 4.83. The maximum Gasteiger partial charge on any atom is 0.337 e. The number of benzene rings is 2. The summed E-state index contributed by atoms with van der Waals surface area (Å²) in [5.41, 5.74) is 3.03. The molecule has 0 saturated carbocycles. The quantitative estimate of drug-likeness (QED) is 0.810. The summed E-state index contributed by atoms with van der Waals surface area (Å²) in [5, 5.41) is 2.79. The van der Waals surface area contributed by atoms with Crippen LogP contribution in [0.5, 0.6) is 5.75 Å². The topological polar surface area (TPSA) is 64.6 Å². The molecule has 132 valence electrons. The van der Waals surface area contributed by atoms with Gasteiger partial charge in [-0.15, -0.1) is 0 Å². The van der Waals surface area contributed by atoms with Crippen molar-refractivity contribution >= 4 is 17.6 Å². The van der Waals surface area contributed by atoms with Crippen LogP contribution >= 0.6 is 0 Å². The van der Waals surface area contributed by atoms with Gasteiger partial charge in [-0.2, -0.15) is 0 Å². The average Bonchev–Trinajstić information content (AvgIpc) is 2.60. The minimum Gasteiger partial charge on any atom is -0.480 e. The fraction of sp³-hybridized carbons (Fsp3) is 0.300. The van der Waals surface area contributed by atoms with E-state index in [0.29, 0.717) is 23.4 Å².